The Morgan fingerprint density at radius 2 is 1.91 bits per heavy atom. The average Bonchev–Trinajstić information content (AvgIpc) is 2.28. The normalized spacial score (nSPS) is 14.2. The molecule has 2 nitrogen and oxygen atoms in total. The largest absolute Gasteiger partial charge is 0.279 e. The number of nitrogens with zero attached hydrogens (tertiary/aromatic N) is 2. The molecule has 2 heteroatoms. The molecule has 1 heterocycles. The predicted molar refractivity (Wildman–Crippen MR) is 42.8 cm³/mol. The molecular formula is C9H8N2. The lowest BCUT2D eigenvalue weighted by atomic mass is 10.3. The molecule has 0 aromatic heterocycles. The van der Waals surface area contributed by atoms with Crippen molar-refractivity contribution in [2.45, 2.75) is 0 Å². The number of benzene rings is 1. The summed E-state index contributed by atoms with van der Waals surface area (Å²) in [7, 11) is 0. The van der Waals surface area contributed by atoms with Crippen molar-refractivity contribution in [1.29, 1.82) is 0 Å². The summed E-state index contributed by atoms with van der Waals surface area (Å²) in [5.74, 6) is 0. The van der Waals surface area contributed by atoms with Crippen LogP contribution < -0.4 is 10.7 Å². The lowest BCUT2D eigenvalue weighted by Crippen LogP contribution is -2.23. The molecule has 54 valence electrons. The molecule has 0 amide bonds. The molecule has 0 saturated heterocycles. The van der Waals surface area contributed by atoms with Crippen LogP contribution in [-0.4, -0.2) is 6.54 Å². The van der Waals surface area contributed by atoms with E-state index < -0.39 is 0 Å². The van der Waals surface area contributed by atoms with Crippen LogP contribution in [0.1, 0.15) is 0 Å². The van der Waals surface area contributed by atoms with E-state index in [2.05, 4.69) is 9.98 Å². The van der Waals surface area contributed by atoms with Crippen LogP contribution in [0, 0.1) is 0 Å². The van der Waals surface area contributed by atoms with Gasteiger partial charge in [-0.15, -0.1) is 0 Å². The fourth-order valence-corrected chi connectivity index (χ4v) is 1.04. The summed E-state index contributed by atoms with van der Waals surface area (Å²) >= 11 is 0. The molecule has 0 saturated carbocycles. The zero-order valence-electron chi connectivity index (χ0n) is 6.07. The van der Waals surface area contributed by atoms with Gasteiger partial charge in [0.25, 0.3) is 0 Å². The highest BCUT2D eigenvalue weighted by molar-refractivity contribution is 5.03. The maximum Gasteiger partial charge on any atom is 0.0881 e. The highest BCUT2D eigenvalue weighted by Crippen LogP contribution is 1.80. The Kier molecular flexibility index (Phi) is 1.52. The minimum Gasteiger partial charge on any atom is -0.279 e. The second-order valence-corrected chi connectivity index (χ2v) is 2.34. The van der Waals surface area contributed by atoms with Crippen LogP contribution in [0.25, 0.3) is 0 Å². The topological polar surface area (TPSA) is 24.7 Å². The van der Waals surface area contributed by atoms with Crippen LogP contribution in [0.4, 0.5) is 0 Å². The third-order valence-electron chi connectivity index (χ3n) is 1.57. The first-order valence-electron chi connectivity index (χ1n) is 3.59. The molecule has 11 heavy (non-hydrogen) atoms. The van der Waals surface area contributed by atoms with E-state index >= 15 is 0 Å². The van der Waals surface area contributed by atoms with Gasteiger partial charge in [0.1, 0.15) is 0 Å². The van der Waals surface area contributed by atoms with E-state index in [9.17, 15) is 0 Å². The van der Waals surface area contributed by atoms with Crippen LogP contribution in [0.3, 0.4) is 0 Å². The van der Waals surface area contributed by atoms with Crippen molar-refractivity contribution >= 4 is 0 Å². The van der Waals surface area contributed by atoms with Gasteiger partial charge >= 0.3 is 0 Å². The molecular weight excluding hydrogens is 136 g/mol. The van der Waals surface area contributed by atoms with E-state index in [0.717, 1.165) is 17.3 Å². The average molecular weight is 144 g/mol. The number of rotatable bonds is 0. The molecule has 0 N–H and O–H groups in total. The van der Waals surface area contributed by atoms with Gasteiger partial charge in [-0.05, 0) is 18.2 Å². The molecule has 0 unspecified atom stereocenters. The fraction of sp³-hybridized carbons (Fsp3) is 0.111. The van der Waals surface area contributed by atoms with Crippen molar-refractivity contribution in [3.05, 3.63) is 47.3 Å². The van der Waals surface area contributed by atoms with E-state index in [0.29, 0.717) is 0 Å². The SMILES string of the molecule is C1=CN=c2ccccc2=NC1. The van der Waals surface area contributed by atoms with Crippen LogP contribution in [0.5, 0.6) is 0 Å². The monoisotopic (exact) mass is 144 g/mol. The standard InChI is InChI=1S/C9H8N2/c1-2-5-9-8(4-1)10-6-3-7-11-9/h1-6H,7H2. The quantitative estimate of drug-likeness (QED) is 0.505. The van der Waals surface area contributed by atoms with Gasteiger partial charge in [0, 0.05) is 6.20 Å². The van der Waals surface area contributed by atoms with Crippen LogP contribution in [0.2, 0.25) is 0 Å². The van der Waals surface area contributed by atoms with Crippen molar-refractivity contribution in [2.24, 2.45) is 9.98 Å². The Morgan fingerprint density at radius 3 is 2.82 bits per heavy atom. The van der Waals surface area contributed by atoms with Crippen molar-refractivity contribution < 1.29 is 0 Å². The third-order valence-corrected chi connectivity index (χ3v) is 1.57. The highest BCUT2D eigenvalue weighted by Gasteiger charge is 1.86. The minimum absolute atomic E-state index is 0.737. The lowest BCUT2D eigenvalue weighted by Gasteiger charge is -1.83. The van der Waals surface area contributed by atoms with E-state index in [4.69, 9.17) is 0 Å². The maximum atomic E-state index is 4.31. The highest BCUT2D eigenvalue weighted by atomic mass is 14.8. The Morgan fingerprint density at radius 1 is 1.09 bits per heavy atom. The summed E-state index contributed by atoms with van der Waals surface area (Å²) in [6, 6.07) is 7.89. The van der Waals surface area contributed by atoms with Gasteiger partial charge in [-0.2, -0.15) is 0 Å². The van der Waals surface area contributed by atoms with Gasteiger partial charge in [0.15, 0.2) is 0 Å². The smallest absolute Gasteiger partial charge is 0.0881 e. The maximum absolute atomic E-state index is 4.31. The zero-order valence-corrected chi connectivity index (χ0v) is 6.07. The number of fused-ring (bicyclic) bond motifs is 1. The molecule has 0 bridgehead atoms. The molecule has 0 aliphatic carbocycles. The van der Waals surface area contributed by atoms with E-state index in [1.54, 1.807) is 6.20 Å². The molecule has 0 atom stereocenters. The van der Waals surface area contributed by atoms with Gasteiger partial charge in [-0.1, -0.05) is 12.1 Å². The summed E-state index contributed by atoms with van der Waals surface area (Å²) in [6.07, 6.45) is 3.75. The van der Waals surface area contributed by atoms with Crippen molar-refractivity contribution in [2.75, 3.05) is 6.54 Å². The molecule has 1 aromatic carbocycles. The molecule has 1 aliphatic heterocycles. The van der Waals surface area contributed by atoms with E-state index in [-0.39, 0.29) is 0 Å². The van der Waals surface area contributed by atoms with Gasteiger partial charge in [-0.3, -0.25) is 9.98 Å². The summed E-state index contributed by atoms with van der Waals surface area (Å²) in [6.45, 7) is 0.737. The lowest BCUT2D eigenvalue weighted by molar-refractivity contribution is 1.13. The summed E-state index contributed by atoms with van der Waals surface area (Å²) in [5, 5.41) is 1.94. The fourth-order valence-electron chi connectivity index (χ4n) is 1.04. The summed E-state index contributed by atoms with van der Waals surface area (Å²) < 4.78 is 0. The Labute approximate surface area is 64.6 Å². The molecule has 1 aliphatic rings. The Bertz CT molecular complexity index is 390. The summed E-state index contributed by atoms with van der Waals surface area (Å²) in [4.78, 5) is 8.52. The van der Waals surface area contributed by atoms with Crippen LogP contribution in [0.15, 0.2) is 46.5 Å². The minimum atomic E-state index is 0.737. The molecule has 0 fully saturated rings. The predicted octanol–water partition coefficient (Wildman–Crippen LogP) is 0.453. The number of hydrogen-bond acceptors (Lipinski definition) is 2. The first-order valence-corrected chi connectivity index (χ1v) is 3.59. The molecule has 2 rings (SSSR count). The van der Waals surface area contributed by atoms with Gasteiger partial charge < -0.3 is 0 Å². The second kappa shape index (κ2) is 2.66. The molecule has 0 spiro atoms. The Balaban J connectivity index is 2.81. The number of para-hydroxylation sites is 2. The first-order chi connectivity index (χ1) is 5.47. The number of hydrogen-bond donors (Lipinski definition) is 0. The van der Waals surface area contributed by atoms with Crippen molar-refractivity contribution in [3.63, 3.8) is 0 Å². The molecule has 1 aromatic rings. The first kappa shape index (κ1) is 6.28. The summed E-state index contributed by atoms with van der Waals surface area (Å²) in [5.41, 5.74) is 0. The van der Waals surface area contributed by atoms with Crippen molar-refractivity contribution in [1.82, 2.24) is 0 Å². The molecule has 0 radical (unpaired) electrons. The van der Waals surface area contributed by atoms with Crippen LogP contribution >= 0.6 is 0 Å². The van der Waals surface area contributed by atoms with Gasteiger partial charge in [0.2, 0.25) is 0 Å². The zero-order chi connectivity index (χ0) is 7.52. The van der Waals surface area contributed by atoms with E-state index in [1.807, 2.05) is 30.3 Å². The second-order valence-electron chi connectivity index (χ2n) is 2.34. The van der Waals surface area contributed by atoms with E-state index in [1.165, 1.54) is 0 Å². The van der Waals surface area contributed by atoms with Gasteiger partial charge in [0.05, 0.1) is 17.3 Å². The van der Waals surface area contributed by atoms with Crippen molar-refractivity contribution in [3.8, 4) is 0 Å². The van der Waals surface area contributed by atoms with Gasteiger partial charge in [-0.25, -0.2) is 0 Å². The van der Waals surface area contributed by atoms with Crippen LogP contribution in [-0.2, 0) is 0 Å². The Hall–Kier alpha value is -1.44. The third kappa shape index (κ3) is 1.19.